The van der Waals surface area contributed by atoms with E-state index in [1.807, 2.05) is 6.07 Å². The first-order valence-electron chi connectivity index (χ1n) is 6.42. The summed E-state index contributed by atoms with van der Waals surface area (Å²) in [7, 11) is -3.90. The van der Waals surface area contributed by atoms with Crippen molar-refractivity contribution in [3.8, 4) is 0 Å². The number of carboxylic acids is 1. The molecule has 0 saturated heterocycles. The summed E-state index contributed by atoms with van der Waals surface area (Å²) >= 11 is 0. The van der Waals surface area contributed by atoms with Gasteiger partial charge in [-0.15, -0.1) is 0 Å². The summed E-state index contributed by atoms with van der Waals surface area (Å²) in [5.74, 6) is -1.10. The van der Waals surface area contributed by atoms with Crippen LogP contribution in [0.3, 0.4) is 0 Å². The van der Waals surface area contributed by atoms with E-state index in [0.29, 0.717) is 5.56 Å². The van der Waals surface area contributed by atoms with Gasteiger partial charge in [0, 0.05) is 6.08 Å². The second kappa shape index (κ2) is 7.02. The first kappa shape index (κ1) is 15.9. The third-order valence-electron chi connectivity index (χ3n) is 2.79. The van der Waals surface area contributed by atoms with E-state index in [4.69, 9.17) is 9.29 Å². The summed E-state index contributed by atoms with van der Waals surface area (Å²) in [4.78, 5) is 10.5. The topological polar surface area (TPSA) is 80.7 Å². The average Bonchev–Trinajstić information content (AvgIpc) is 2.52. The van der Waals surface area contributed by atoms with Crippen molar-refractivity contribution in [1.82, 2.24) is 0 Å². The molecule has 114 valence electrons. The van der Waals surface area contributed by atoms with Crippen LogP contribution in [0, 0.1) is 0 Å². The molecular formula is C16H14O5S. The predicted molar refractivity (Wildman–Crippen MR) is 81.5 cm³/mol. The normalized spacial score (nSPS) is 11.6. The van der Waals surface area contributed by atoms with Crippen molar-refractivity contribution in [3.05, 3.63) is 71.8 Å². The summed E-state index contributed by atoms with van der Waals surface area (Å²) in [6, 6.07) is 14.8. The summed E-state index contributed by atoms with van der Waals surface area (Å²) in [6.45, 7) is -0.0572. The standard InChI is InChI=1S/C16H14O5S/c17-16(18)10-9-13-7-4-8-15(11-13)22(19,20)21-12-14-5-2-1-3-6-14/h1-11H,12H2,(H,17,18)/b10-9+. The van der Waals surface area contributed by atoms with E-state index < -0.39 is 16.1 Å². The molecule has 22 heavy (non-hydrogen) atoms. The van der Waals surface area contributed by atoms with Gasteiger partial charge in [-0.1, -0.05) is 42.5 Å². The van der Waals surface area contributed by atoms with Crippen LogP contribution in [-0.2, 0) is 25.7 Å². The third kappa shape index (κ3) is 4.54. The van der Waals surface area contributed by atoms with Crippen LogP contribution in [0.5, 0.6) is 0 Å². The Morgan fingerprint density at radius 2 is 1.82 bits per heavy atom. The number of hydrogen-bond acceptors (Lipinski definition) is 4. The Kier molecular flexibility index (Phi) is 5.08. The molecule has 0 bridgehead atoms. The molecule has 0 aliphatic heterocycles. The van der Waals surface area contributed by atoms with E-state index >= 15 is 0 Å². The Hall–Kier alpha value is -2.44. The molecule has 0 unspecified atom stereocenters. The monoisotopic (exact) mass is 318 g/mol. The summed E-state index contributed by atoms with van der Waals surface area (Å²) in [6.07, 6.45) is 2.26. The molecular weight excluding hydrogens is 304 g/mol. The minimum Gasteiger partial charge on any atom is -0.478 e. The molecule has 2 aromatic carbocycles. The zero-order valence-electron chi connectivity index (χ0n) is 11.5. The van der Waals surface area contributed by atoms with E-state index in [2.05, 4.69) is 0 Å². The largest absolute Gasteiger partial charge is 0.478 e. The molecule has 5 nitrogen and oxygen atoms in total. The Bertz CT molecular complexity index is 779. The second-order valence-corrected chi connectivity index (χ2v) is 6.06. The zero-order chi connectivity index (χ0) is 16.0. The van der Waals surface area contributed by atoms with Gasteiger partial charge in [0.15, 0.2) is 0 Å². The van der Waals surface area contributed by atoms with E-state index in [9.17, 15) is 13.2 Å². The first-order chi connectivity index (χ1) is 10.5. The summed E-state index contributed by atoms with van der Waals surface area (Å²) in [5.41, 5.74) is 1.21. The number of rotatable bonds is 6. The maximum atomic E-state index is 12.1. The molecule has 0 fully saturated rings. The van der Waals surface area contributed by atoms with Gasteiger partial charge in [0.25, 0.3) is 10.1 Å². The van der Waals surface area contributed by atoms with Crippen LogP contribution >= 0.6 is 0 Å². The maximum Gasteiger partial charge on any atom is 0.328 e. The minimum absolute atomic E-state index is 0.0176. The van der Waals surface area contributed by atoms with Crippen molar-refractivity contribution in [1.29, 1.82) is 0 Å². The van der Waals surface area contributed by atoms with Crippen molar-refractivity contribution in [3.63, 3.8) is 0 Å². The van der Waals surface area contributed by atoms with Crippen molar-refractivity contribution >= 4 is 22.2 Å². The number of hydrogen-bond donors (Lipinski definition) is 1. The SMILES string of the molecule is O=C(O)/C=C/c1cccc(S(=O)(=O)OCc2ccccc2)c1. The Labute approximate surface area is 128 Å². The number of carbonyl (C=O) groups is 1. The minimum atomic E-state index is -3.90. The lowest BCUT2D eigenvalue weighted by Crippen LogP contribution is -2.06. The van der Waals surface area contributed by atoms with E-state index in [1.54, 1.807) is 30.3 Å². The van der Waals surface area contributed by atoms with Crippen LogP contribution in [0.2, 0.25) is 0 Å². The van der Waals surface area contributed by atoms with Gasteiger partial charge in [-0.25, -0.2) is 4.79 Å². The van der Waals surface area contributed by atoms with Gasteiger partial charge in [0.2, 0.25) is 0 Å². The maximum absolute atomic E-state index is 12.1. The zero-order valence-corrected chi connectivity index (χ0v) is 12.4. The highest BCUT2D eigenvalue weighted by Crippen LogP contribution is 2.17. The molecule has 2 rings (SSSR count). The molecule has 0 amide bonds. The number of aliphatic carboxylic acids is 1. The van der Waals surface area contributed by atoms with Crippen LogP contribution in [0.25, 0.3) is 6.08 Å². The molecule has 6 heteroatoms. The van der Waals surface area contributed by atoms with Crippen LogP contribution in [0.1, 0.15) is 11.1 Å². The highest BCUT2D eigenvalue weighted by molar-refractivity contribution is 7.86. The van der Waals surface area contributed by atoms with Crippen LogP contribution in [0.4, 0.5) is 0 Å². The molecule has 1 N–H and O–H groups in total. The fraction of sp³-hybridized carbons (Fsp3) is 0.0625. The Balaban J connectivity index is 2.15. The molecule has 0 spiro atoms. The van der Waals surface area contributed by atoms with E-state index in [1.165, 1.54) is 24.3 Å². The molecule has 0 aliphatic carbocycles. The summed E-state index contributed by atoms with van der Waals surface area (Å²) < 4.78 is 29.3. The van der Waals surface area contributed by atoms with Crippen LogP contribution in [-0.4, -0.2) is 19.5 Å². The lowest BCUT2D eigenvalue weighted by atomic mass is 10.2. The highest BCUT2D eigenvalue weighted by Gasteiger charge is 2.15. The van der Waals surface area contributed by atoms with Crippen LogP contribution < -0.4 is 0 Å². The quantitative estimate of drug-likeness (QED) is 0.654. The first-order valence-corrected chi connectivity index (χ1v) is 7.83. The highest BCUT2D eigenvalue weighted by atomic mass is 32.2. The van der Waals surface area contributed by atoms with Gasteiger partial charge >= 0.3 is 5.97 Å². The van der Waals surface area contributed by atoms with Gasteiger partial charge < -0.3 is 5.11 Å². The lowest BCUT2D eigenvalue weighted by molar-refractivity contribution is -0.131. The number of carboxylic acid groups (broad SMARTS) is 1. The summed E-state index contributed by atoms with van der Waals surface area (Å²) in [5, 5.41) is 8.58. The van der Waals surface area contributed by atoms with Gasteiger partial charge in [0.05, 0.1) is 11.5 Å². The van der Waals surface area contributed by atoms with Gasteiger partial charge in [-0.05, 0) is 29.3 Å². The fourth-order valence-corrected chi connectivity index (χ4v) is 2.68. The third-order valence-corrected chi connectivity index (χ3v) is 4.05. The van der Waals surface area contributed by atoms with Crippen molar-refractivity contribution < 1.29 is 22.5 Å². The van der Waals surface area contributed by atoms with Gasteiger partial charge in [0.1, 0.15) is 0 Å². The molecule has 0 aromatic heterocycles. The van der Waals surface area contributed by atoms with Crippen molar-refractivity contribution in [2.75, 3.05) is 0 Å². The van der Waals surface area contributed by atoms with Gasteiger partial charge in [-0.3, -0.25) is 4.18 Å². The van der Waals surface area contributed by atoms with Crippen LogP contribution in [0.15, 0.2) is 65.6 Å². The molecule has 0 radical (unpaired) electrons. The molecule has 2 aromatic rings. The predicted octanol–water partition coefficient (Wildman–Crippen LogP) is 2.69. The van der Waals surface area contributed by atoms with E-state index in [0.717, 1.165) is 11.6 Å². The Morgan fingerprint density at radius 3 is 2.50 bits per heavy atom. The molecule has 0 saturated carbocycles. The molecule has 0 heterocycles. The molecule has 0 aliphatic rings. The van der Waals surface area contributed by atoms with Gasteiger partial charge in [-0.2, -0.15) is 8.42 Å². The molecule has 0 atom stereocenters. The van der Waals surface area contributed by atoms with Crippen molar-refractivity contribution in [2.24, 2.45) is 0 Å². The fourth-order valence-electron chi connectivity index (χ4n) is 1.73. The Morgan fingerprint density at radius 1 is 1.09 bits per heavy atom. The lowest BCUT2D eigenvalue weighted by Gasteiger charge is -2.06. The number of benzene rings is 2. The smallest absolute Gasteiger partial charge is 0.328 e. The van der Waals surface area contributed by atoms with Crippen molar-refractivity contribution in [2.45, 2.75) is 11.5 Å². The second-order valence-electron chi connectivity index (χ2n) is 4.45. The average molecular weight is 318 g/mol. The van der Waals surface area contributed by atoms with E-state index in [-0.39, 0.29) is 11.5 Å².